The summed E-state index contributed by atoms with van der Waals surface area (Å²) in [5, 5.41) is 0. The average Bonchev–Trinajstić information content (AvgIpc) is 1.78. The molecule has 0 unspecified atom stereocenters. The summed E-state index contributed by atoms with van der Waals surface area (Å²) in [5.41, 5.74) is 5.04. The van der Waals surface area contributed by atoms with Crippen molar-refractivity contribution in [1.82, 2.24) is 15.0 Å². The number of thiocarbonyl (C=S) groups is 1. The third-order valence-electron chi connectivity index (χ3n) is 12.4. The van der Waals surface area contributed by atoms with Gasteiger partial charge in [-0.15, -0.1) is 40.6 Å². The van der Waals surface area contributed by atoms with Crippen molar-refractivity contribution >= 4 is 118 Å². The third kappa shape index (κ3) is 22.6. The lowest BCUT2D eigenvalue weighted by atomic mass is 10.0. The molecule has 0 radical (unpaired) electrons. The second-order valence-corrected chi connectivity index (χ2v) is 24.6. The molecule has 0 atom stereocenters. The minimum Gasteiger partial charge on any atom is -0.493 e. The number of ether oxygens (including phenoxy) is 10. The normalized spacial score (nSPS) is 12.5. The number of aryl methyl sites for hydroxylation is 1. The van der Waals surface area contributed by atoms with Crippen LogP contribution in [0.5, 0.6) is 51.7 Å². The summed E-state index contributed by atoms with van der Waals surface area (Å²) < 4.78 is 58.6. The number of H-pyrrole nitrogens is 3. The molecule has 0 saturated carbocycles. The van der Waals surface area contributed by atoms with E-state index in [1.165, 1.54) is 58.4 Å². The minimum absolute atomic E-state index is 0.0582. The van der Waals surface area contributed by atoms with Crippen LogP contribution in [-0.2, 0) is 20.7 Å². The van der Waals surface area contributed by atoms with Gasteiger partial charge in [-0.3, -0.25) is 19.2 Å². The van der Waals surface area contributed by atoms with Crippen molar-refractivity contribution < 1.29 is 57.0 Å². The number of thiazole rings is 3. The van der Waals surface area contributed by atoms with Gasteiger partial charge in [-0.2, -0.15) is 0 Å². The molecule has 1 aliphatic rings. The Morgan fingerprint density at radius 1 is 0.538 bits per heavy atom. The van der Waals surface area contributed by atoms with Crippen LogP contribution < -0.4 is 86.9 Å². The minimum atomic E-state index is -0.446. The first kappa shape index (κ1) is 72.4. The van der Waals surface area contributed by atoms with Gasteiger partial charge in [0.15, 0.2) is 58.4 Å². The van der Waals surface area contributed by atoms with Crippen LogP contribution in [0.4, 0.5) is 0 Å². The lowest BCUT2D eigenvalue weighted by Crippen LogP contribution is -2.19. The van der Waals surface area contributed by atoms with Gasteiger partial charge in [0.05, 0.1) is 78.2 Å². The highest BCUT2D eigenvalue weighted by Crippen LogP contribution is 2.38. The molecule has 1 aliphatic heterocycles. The van der Waals surface area contributed by atoms with Gasteiger partial charge in [-0.1, -0.05) is 111 Å². The van der Waals surface area contributed by atoms with Gasteiger partial charge >= 0.3 is 5.97 Å². The van der Waals surface area contributed by atoms with E-state index in [0.29, 0.717) is 129 Å². The zero-order valence-electron chi connectivity index (χ0n) is 52.3. The first-order valence-electron chi connectivity index (χ1n) is 28.4. The lowest BCUT2D eigenvalue weighted by molar-refractivity contribution is -0.145. The van der Waals surface area contributed by atoms with Crippen LogP contribution in [-0.4, -0.2) is 99.0 Å². The summed E-state index contributed by atoms with van der Waals surface area (Å²) >= 11 is 10.4. The third-order valence-corrected chi connectivity index (χ3v) is 16.4. The maximum Gasteiger partial charge on any atom is 0.344 e. The molecule has 0 bridgehead atoms. The molecule has 1 fully saturated rings. The first-order chi connectivity index (χ1) is 44.8. The molecular formula is C70H71N3O15S5. The first-order valence-corrected chi connectivity index (χ1v) is 32.1. The van der Waals surface area contributed by atoms with Gasteiger partial charge in [0, 0.05) is 5.56 Å². The van der Waals surface area contributed by atoms with E-state index in [1.807, 2.05) is 79.7 Å². The molecule has 486 valence electrons. The Hall–Kier alpha value is -9.65. The Morgan fingerprint density at radius 2 is 0.978 bits per heavy atom. The van der Waals surface area contributed by atoms with E-state index in [2.05, 4.69) is 54.4 Å². The summed E-state index contributed by atoms with van der Waals surface area (Å²) in [4.78, 5) is 66.9. The number of hydrogen-bond donors (Lipinski definition) is 3. The van der Waals surface area contributed by atoms with Crippen molar-refractivity contribution in [2.24, 2.45) is 0 Å². The summed E-state index contributed by atoms with van der Waals surface area (Å²) in [7, 11) is 6.25. The van der Waals surface area contributed by atoms with E-state index in [-0.39, 0.29) is 29.1 Å². The van der Waals surface area contributed by atoms with Crippen LogP contribution in [0, 0.1) is 6.92 Å². The highest BCUT2D eigenvalue weighted by atomic mass is 32.2. The maximum absolute atomic E-state index is 12.1. The molecule has 0 aliphatic carbocycles. The molecule has 18 nitrogen and oxygen atoms in total. The van der Waals surface area contributed by atoms with Gasteiger partial charge in [0.25, 0.3) is 16.7 Å². The summed E-state index contributed by atoms with van der Waals surface area (Å²) in [5.74, 6) is 5.09. The second-order valence-electron chi connectivity index (χ2n) is 19.3. The van der Waals surface area contributed by atoms with Crippen molar-refractivity contribution in [3.05, 3.63) is 226 Å². The topological polar surface area (TPSA) is 225 Å². The summed E-state index contributed by atoms with van der Waals surface area (Å²) in [6.07, 6.45) is 13.2. The highest BCUT2D eigenvalue weighted by Gasteiger charge is 2.23. The van der Waals surface area contributed by atoms with Gasteiger partial charge in [0.1, 0.15) is 32.2 Å². The number of rotatable bonds is 25. The fourth-order valence-electron chi connectivity index (χ4n) is 8.26. The predicted molar refractivity (Wildman–Crippen MR) is 379 cm³/mol. The van der Waals surface area contributed by atoms with E-state index in [0.717, 1.165) is 33.6 Å². The smallest absolute Gasteiger partial charge is 0.344 e. The van der Waals surface area contributed by atoms with E-state index in [9.17, 15) is 24.0 Å². The number of ketones is 1. The molecule has 23 heteroatoms. The van der Waals surface area contributed by atoms with Gasteiger partial charge in [-0.05, 0) is 127 Å². The van der Waals surface area contributed by atoms with Crippen molar-refractivity contribution in [3.8, 4) is 51.7 Å². The fraction of sp³-hybridized carbons (Fsp3) is 0.200. The number of benzene rings is 5. The monoisotopic (exact) mass is 1350 g/mol. The molecule has 0 spiro atoms. The zero-order chi connectivity index (χ0) is 67.4. The molecule has 9 rings (SSSR count). The molecule has 3 aromatic heterocycles. The number of carbonyl (C=O) groups is 2. The molecular weight excluding hydrogens is 1280 g/mol. The Labute approximate surface area is 558 Å². The Morgan fingerprint density at radius 3 is 1.37 bits per heavy atom. The quantitative estimate of drug-likeness (QED) is 0.0160. The van der Waals surface area contributed by atoms with Gasteiger partial charge in [-0.25, -0.2) is 4.79 Å². The summed E-state index contributed by atoms with van der Waals surface area (Å²) in [6.45, 7) is 27.7. The number of allylic oxidation sites excluding steroid dienone is 2. The lowest BCUT2D eigenvalue weighted by Gasteiger charge is -2.16. The number of aromatic nitrogens is 3. The van der Waals surface area contributed by atoms with Crippen LogP contribution in [0.1, 0.15) is 46.7 Å². The number of Topliss-reactive ketones (excluding diaryl/α,β-unsaturated/α-hetero) is 1. The Bertz CT molecular complexity index is 4390. The van der Waals surface area contributed by atoms with Crippen LogP contribution >= 0.6 is 58.0 Å². The van der Waals surface area contributed by atoms with Crippen LogP contribution in [0.25, 0.3) is 44.0 Å². The SMILES string of the molecule is C=CCOc1ccc(/C=c2\sc(=C)[nH]c2=O)cc1OC.C=CCOc1ccc(C=c2sc(=C)[nH]c2=O)cc1OC.C=CCc1cc(/C=C2/SC(=S)CC2=O)cc(OC)c1OCCOc1ccc(C)cc1.C=c1[nH]c(=O)/c(=C/c2ccc(OCC(=O)OCC)c(OC)c2)s1. The molecule has 1 saturated heterocycles. The van der Waals surface area contributed by atoms with E-state index in [1.54, 1.807) is 89.0 Å². The van der Waals surface area contributed by atoms with E-state index < -0.39 is 5.97 Å². The number of esters is 1. The fourth-order valence-corrected chi connectivity index (χ4v) is 11.7. The molecule has 93 heavy (non-hydrogen) atoms. The number of carbonyl (C=O) groups excluding carboxylic acids is 2. The standard InChI is InChI=1S/C24H24O4S2.C16H17NO5S.2C15H15NO3S/c1-4-5-18-12-17(14-22-20(25)15-23(29)30-22)13-21(26-3)24(18)28-11-10-27-19-8-6-16(2)7-9-19;1-4-21-15(18)9-22-12-6-5-11(7-13(12)20-3)8-14-16(19)17-10(2)23-14;2*1-4-7-19-12-6-5-11(8-13(12)18-3)9-14-15(17)16-10(2)20-14/h4,6-9,12-14H,1,5,10-11,15H2,2-3H3;5-8H,2,4,9H2,1,3H3,(H,17,19);2*4-6,8-9H,1-2,7H2,3H3,(H,16,17)/b22-14+;14-8-;14-9-;. The largest absolute Gasteiger partial charge is 0.493 e. The number of nitrogens with one attached hydrogen (secondary N) is 3. The molecule has 4 heterocycles. The number of hydrogen-bond acceptors (Lipinski definition) is 20. The molecule has 0 amide bonds. The average molecular weight is 1350 g/mol. The maximum atomic E-state index is 12.1. The van der Waals surface area contributed by atoms with Crippen molar-refractivity contribution in [3.63, 3.8) is 0 Å². The van der Waals surface area contributed by atoms with E-state index in [4.69, 9.17) is 59.6 Å². The zero-order valence-corrected chi connectivity index (χ0v) is 56.3. The summed E-state index contributed by atoms with van der Waals surface area (Å²) in [6, 6.07) is 27.9. The van der Waals surface area contributed by atoms with Crippen LogP contribution in [0.3, 0.4) is 0 Å². The predicted octanol–water partition coefficient (Wildman–Crippen LogP) is 8.69. The Kier molecular flexibility index (Phi) is 28.8. The van der Waals surface area contributed by atoms with Gasteiger partial charge < -0.3 is 62.3 Å². The second kappa shape index (κ2) is 37.0. The number of methoxy groups -OCH3 is 4. The Balaban J connectivity index is 0.000000200. The highest BCUT2D eigenvalue weighted by molar-refractivity contribution is 8.27. The molecule has 5 aromatic carbocycles. The van der Waals surface area contributed by atoms with Crippen molar-refractivity contribution in [2.45, 2.75) is 26.7 Å². The number of aromatic amines is 3. The van der Waals surface area contributed by atoms with Crippen LogP contribution in [0.2, 0.25) is 0 Å². The van der Waals surface area contributed by atoms with E-state index >= 15 is 0 Å². The molecule has 8 aromatic rings. The number of thioether (sulfide) groups is 1. The van der Waals surface area contributed by atoms with Crippen molar-refractivity contribution in [2.75, 3.05) is 68.1 Å². The van der Waals surface area contributed by atoms with Crippen LogP contribution in [0.15, 0.2) is 148 Å². The van der Waals surface area contributed by atoms with Gasteiger partial charge in [0.2, 0.25) is 0 Å². The van der Waals surface area contributed by atoms with Crippen molar-refractivity contribution in [1.29, 1.82) is 0 Å². The molecule has 3 N–H and O–H groups in total.